The van der Waals surface area contributed by atoms with Crippen molar-refractivity contribution in [3.63, 3.8) is 0 Å². The summed E-state index contributed by atoms with van der Waals surface area (Å²) in [5, 5.41) is 0. The van der Waals surface area contributed by atoms with Crippen molar-refractivity contribution in [2.45, 2.75) is 66.9 Å². The van der Waals surface area contributed by atoms with Gasteiger partial charge in [0.15, 0.2) is 0 Å². The molecule has 0 aliphatic rings. The minimum atomic E-state index is -2.65. The Balaban J connectivity index is 1.86. The van der Waals surface area contributed by atoms with Crippen LogP contribution in [0.4, 0.5) is 4.39 Å². The fourth-order valence-corrected chi connectivity index (χ4v) is 6.28. The molecular formula is C30H40FN2O3P. The normalized spacial score (nSPS) is 15.2. The summed E-state index contributed by atoms with van der Waals surface area (Å²) in [6, 6.07) is 11.7. The van der Waals surface area contributed by atoms with Gasteiger partial charge in [0.05, 0.1) is 12.8 Å². The van der Waals surface area contributed by atoms with Crippen molar-refractivity contribution in [2.24, 2.45) is 5.41 Å². The maximum Gasteiger partial charge on any atom is 0.213 e. The van der Waals surface area contributed by atoms with E-state index in [0.29, 0.717) is 30.8 Å². The predicted octanol–water partition coefficient (Wildman–Crippen LogP) is 8.37. The van der Waals surface area contributed by atoms with E-state index >= 15 is 0 Å². The van der Waals surface area contributed by atoms with E-state index in [0.717, 1.165) is 27.9 Å². The number of halogens is 1. The van der Waals surface area contributed by atoms with Crippen molar-refractivity contribution in [1.29, 1.82) is 0 Å². The van der Waals surface area contributed by atoms with E-state index in [4.69, 9.17) is 9.26 Å². The van der Waals surface area contributed by atoms with Crippen LogP contribution in [-0.2, 0) is 15.7 Å². The second-order valence-electron chi connectivity index (χ2n) is 11.0. The van der Waals surface area contributed by atoms with E-state index in [9.17, 15) is 8.96 Å². The van der Waals surface area contributed by atoms with Crippen molar-refractivity contribution in [1.82, 2.24) is 9.97 Å². The first-order valence-corrected chi connectivity index (χ1v) is 15.1. The highest BCUT2D eigenvalue weighted by molar-refractivity contribution is 7.58. The molecule has 3 aromatic rings. The Morgan fingerprint density at radius 1 is 1.05 bits per heavy atom. The molecule has 0 spiro atoms. The average Bonchev–Trinajstić information content (AvgIpc) is 2.83. The van der Waals surface area contributed by atoms with E-state index in [-0.39, 0.29) is 23.1 Å². The molecule has 5 nitrogen and oxygen atoms in total. The average molecular weight is 527 g/mol. The lowest BCUT2D eigenvalue weighted by Gasteiger charge is -2.30. The quantitative estimate of drug-likeness (QED) is 0.248. The van der Waals surface area contributed by atoms with E-state index in [2.05, 4.69) is 43.7 Å². The van der Waals surface area contributed by atoms with Crippen molar-refractivity contribution in [3.8, 4) is 17.0 Å². The number of hydrogen-bond donors (Lipinski definition) is 0. The van der Waals surface area contributed by atoms with E-state index in [1.54, 1.807) is 18.9 Å². The molecule has 1 aromatic carbocycles. The Morgan fingerprint density at radius 3 is 2.46 bits per heavy atom. The molecule has 37 heavy (non-hydrogen) atoms. The Hall–Kier alpha value is -2.56. The topological polar surface area (TPSA) is 61.3 Å². The van der Waals surface area contributed by atoms with Crippen molar-refractivity contribution in [2.75, 3.05) is 19.4 Å². The molecule has 0 aliphatic carbocycles. The number of nitrogens with zero attached hydrogens (tertiary/aromatic N) is 2. The van der Waals surface area contributed by atoms with Crippen LogP contribution in [0, 0.1) is 18.2 Å². The van der Waals surface area contributed by atoms with Gasteiger partial charge in [-0.25, -0.2) is 9.37 Å². The highest BCUT2D eigenvalue weighted by atomic mass is 31.2. The number of ether oxygens (including phenoxy) is 1. The zero-order valence-corrected chi connectivity index (χ0v) is 24.2. The second-order valence-corrected chi connectivity index (χ2v) is 13.7. The van der Waals surface area contributed by atoms with Gasteiger partial charge in [-0.2, -0.15) is 0 Å². The van der Waals surface area contributed by atoms with Crippen LogP contribution in [0.25, 0.3) is 11.1 Å². The van der Waals surface area contributed by atoms with Crippen LogP contribution in [0.5, 0.6) is 5.88 Å². The monoisotopic (exact) mass is 526 g/mol. The highest BCUT2D eigenvalue weighted by Crippen LogP contribution is 2.46. The molecule has 0 aliphatic heterocycles. The number of aromatic nitrogens is 2. The largest absolute Gasteiger partial charge is 0.473 e. The van der Waals surface area contributed by atoms with Gasteiger partial charge in [-0.1, -0.05) is 52.8 Å². The van der Waals surface area contributed by atoms with Crippen LogP contribution in [-0.4, -0.2) is 29.4 Å². The van der Waals surface area contributed by atoms with E-state index < -0.39 is 7.37 Å². The second kappa shape index (κ2) is 11.9. The van der Waals surface area contributed by atoms with Gasteiger partial charge in [0.2, 0.25) is 13.2 Å². The minimum Gasteiger partial charge on any atom is -0.473 e. The molecule has 0 saturated heterocycles. The highest BCUT2D eigenvalue weighted by Gasteiger charge is 2.26. The van der Waals surface area contributed by atoms with Gasteiger partial charge in [-0.15, -0.1) is 0 Å². The summed E-state index contributed by atoms with van der Waals surface area (Å²) in [5.74, 6) is 0.405. The molecule has 0 saturated carbocycles. The Labute approximate surface area is 221 Å². The Bertz CT molecular complexity index is 1270. The third-order valence-electron chi connectivity index (χ3n) is 6.89. The molecule has 3 rings (SSSR count). The van der Waals surface area contributed by atoms with Gasteiger partial charge in [0, 0.05) is 36.3 Å². The van der Waals surface area contributed by atoms with Gasteiger partial charge < -0.3 is 9.26 Å². The molecule has 2 aromatic heterocycles. The summed E-state index contributed by atoms with van der Waals surface area (Å²) in [4.78, 5) is 8.47. The Kier molecular flexibility index (Phi) is 9.31. The van der Waals surface area contributed by atoms with Crippen molar-refractivity contribution >= 4 is 7.37 Å². The molecule has 2 unspecified atom stereocenters. The maximum absolute atomic E-state index is 14.8. The van der Waals surface area contributed by atoms with Crippen LogP contribution in [0.15, 0.2) is 48.8 Å². The maximum atomic E-state index is 14.8. The first-order valence-electron chi connectivity index (χ1n) is 12.9. The summed E-state index contributed by atoms with van der Waals surface area (Å²) in [5.41, 5.74) is 5.26. The summed E-state index contributed by atoms with van der Waals surface area (Å²) < 4.78 is 38.9. The number of pyridine rings is 2. The van der Waals surface area contributed by atoms with Crippen LogP contribution >= 0.6 is 7.37 Å². The number of rotatable bonds is 10. The molecular weight excluding hydrogens is 486 g/mol. The van der Waals surface area contributed by atoms with Crippen molar-refractivity contribution in [3.05, 3.63) is 77.0 Å². The summed E-state index contributed by atoms with van der Waals surface area (Å²) >= 11 is 0. The third-order valence-corrected chi connectivity index (χ3v) is 8.90. The number of benzene rings is 1. The first-order chi connectivity index (χ1) is 17.3. The molecule has 0 radical (unpaired) electrons. The van der Waals surface area contributed by atoms with Crippen LogP contribution in [0.3, 0.4) is 0 Å². The lowest BCUT2D eigenvalue weighted by atomic mass is 9.75. The predicted molar refractivity (Wildman–Crippen MR) is 149 cm³/mol. The van der Waals surface area contributed by atoms with Crippen molar-refractivity contribution < 1.29 is 18.2 Å². The SMILES string of the molecule is CCOP(C)(=O)CC(C)c1ccnc(OCc2ccc(-c3cc(C)ncc3F)c([C@@H](C)C(C)(C)C)c2)c1. The smallest absolute Gasteiger partial charge is 0.213 e. The third kappa shape index (κ3) is 7.72. The minimum absolute atomic E-state index is 0.0149. The molecule has 2 heterocycles. The van der Waals surface area contributed by atoms with Gasteiger partial charge >= 0.3 is 0 Å². The standard InChI is InChI=1S/C30H40FN2O3P/c1-9-36-37(8,34)19-20(2)24-12-13-32-29(16-24)35-18-23-10-11-25(26(15-23)22(4)30(5,6)7)27-14-21(3)33-17-28(27)31/h10-17,20,22H,9,18-19H2,1-8H3/t20?,22-,37?/m1/s1. The molecule has 200 valence electrons. The lowest BCUT2D eigenvalue weighted by molar-refractivity contribution is 0.292. The summed E-state index contributed by atoms with van der Waals surface area (Å²) in [7, 11) is -2.65. The van der Waals surface area contributed by atoms with Crippen LogP contribution in [0.2, 0.25) is 0 Å². The lowest BCUT2D eigenvalue weighted by Crippen LogP contribution is -2.17. The molecule has 0 N–H and O–H groups in total. The van der Waals surface area contributed by atoms with Gasteiger partial charge in [-0.05, 0) is 65.5 Å². The summed E-state index contributed by atoms with van der Waals surface area (Å²) in [6.07, 6.45) is 3.47. The van der Waals surface area contributed by atoms with E-state index in [1.165, 1.54) is 6.20 Å². The van der Waals surface area contributed by atoms with Gasteiger partial charge in [0.1, 0.15) is 12.4 Å². The Morgan fingerprint density at radius 2 is 1.78 bits per heavy atom. The van der Waals surface area contributed by atoms with Gasteiger partial charge in [-0.3, -0.25) is 9.55 Å². The molecule has 0 fully saturated rings. The zero-order valence-electron chi connectivity index (χ0n) is 23.3. The fourth-order valence-electron chi connectivity index (χ4n) is 4.42. The fraction of sp³-hybridized carbons (Fsp3) is 0.467. The van der Waals surface area contributed by atoms with Gasteiger partial charge in [0.25, 0.3) is 0 Å². The zero-order chi connectivity index (χ0) is 27.4. The molecule has 3 atom stereocenters. The molecule has 0 amide bonds. The van der Waals surface area contributed by atoms with Crippen LogP contribution in [0.1, 0.15) is 75.8 Å². The van der Waals surface area contributed by atoms with E-state index in [1.807, 2.05) is 45.0 Å². The number of hydrogen-bond acceptors (Lipinski definition) is 5. The molecule has 7 heteroatoms. The van der Waals surface area contributed by atoms with Crippen LogP contribution < -0.4 is 4.74 Å². The number of aryl methyl sites for hydroxylation is 1. The summed E-state index contributed by atoms with van der Waals surface area (Å²) in [6.45, 7) is 17.0. The first kappa shape index (κ1) is 29.0. The molecule has 0 bridgehead atoms.